The lowest BCUT2D eigenvalue weighted by molar-refractivity contribution is -0.123. The summed E-state index contributed by atoms with van der Waals surface area (Å²) in [5.74, 6) is -0.0591. The zero-order valence-corrected chi connectivity index (χ0v) is 21.9. The molecule has 0 aliphatic carbocycles. The molecule has 2 aromatic rings. The molecule has 0 saturated carbocycles. The molecular formula is C27H26ClFN4O2S. The number of anilines is 1. The van der Waals surface area contributed by atoms with E-state index < -0.39 is 5.54 Å². The van der Waals surface area contributed by atoms with Crippen molar-refractivity contribution in [2.75, 3.05) is 18.1 Å². The predicted molar refractivity (Wildman–Crippen MR) is 144 cm³/mol. The summed E-state index contributed by atoms with van der Waals surface area (Å²) >= 11 is 11.8. The van der Waals surface area contributed by atoms with Gasteiger partial charge in [0.05, 0.1) is 28.9 Å². The number of dihydropyridines is 1. The van der Waals surface area contributed by atoms with Gasteiger partial charge in [0.25, 0.3) is 5.91 Å². The molecule has 4 rings (SSSR count). The van der Waals surface area contributed by atoms with Crippen LogP contribution < -0.4 is 9.64 Å². The van der Waals surface area contributed by atoms with Gasteiger partial charge in [-0.25, -0.2) is 4.39 Å². The van der Waals surface area contributed by atoms with Gasteiger partial charge in [-0.2, -0.15) is 5.26 Å². The SMILES string of the molecule is CC1CC(c2ccc(OCCCN3C(=S)N(c4ccc(C#N)c(Cl)c4)C(=O)C3(C)C)cc2F)=CC=N1. The van der Waals surface area contributed by atoms with Crippen molar-refractivity contribution in [3.8, 4) is 11.8 Å². The largest absolute Gasteiger partial charge is 0.493 e. The molecule has 1 amide bonds. The third kappa shape index (κ3) is 4.99. The first-order valence-electron chi connectivity index (χ1n) is 11.6. The fourth-order valence-electron chi connectivity index (χ4n) is 4.35. The summed E-state index contributed by atoms with van der Waals surface area (Å²) in [6, 6.07) is 11.8. The molecule has 0 aromatic heterocycles. The normalized spacial score (nSPS) is 18.9. The van der Waals surface area contributed by atoms with Crippen LogP contribution in [0.5, 0.6) is 5.75 Å². The van der Waals surface area contributed by atoms with Crippen LogP contribution in [0.15, 0.2) is 47.5 Å². The molecule has 1 fully saturated rings. The van der Waals surface area contributed by atoms with Crippen molar-refractivity contribution in [3.05, 3.63) is 64.4 Å². The fraction of sp³-hybridized carbons (Fsp3) is 0.333. The number of ether oxygens (including phenoxy) is 1. The smallest absolute Gasteiger partial charge is 0.258 e. The van der Waals surface area contributed by atoms with E-state index in [1.165, 1.54) is 11.0 Å². The van der Waals surface area contributed by atoms with E-state index >= 15 is 0 Å². The highest BCUT2D eigenvalue weighted by Gasteiger charge is 2.49. The summed E-state index contributed by atoms with van der Waals surface area (Å²) in [6.45, 7) is 6.43. The fourth-order valence-corrected chi connectivity index (χ4v) is 5.07. The summed E-state index contributed by atoms with van der Waals surface area (Å²) < 4.78 is 20.5. The van der Waals surface area contributed by atoms with Crippen molar-refractivity contribution in [1.82, 2.24) is 4.90 Å². The maximum absolute atomic E-state index is 14.7. The van der Waals surface area contributed by atoms with E-state index in [0.29, 0.717) is 53.7 Å². The number of nitriles is 1. The second-order valence-electron chi connectivity index (χ2n) is 9.30. The van der Waals surface area contributed by atoms with E-state index in [4.69, 9.17) is 33.8 Å². The van der Waals surface area contributed by atoms with Crippen LogP contribution in [0.1, 0.15) is 44.7 Å². The number of hydrogen-bond acceptors (Lipinski definition) is 5. The standard InChI is InChI=1S/C27H26ClFN4O2S/c1-17-13-18(9-10-31-17)22-8-7-21(15-24(22)29)35-12-4-11-32-26(36)33(25(34)27(32,2)3)20-6-5-19(16-30)23(28)14-20/h5-10,14-15,17H,4,11-13H2,1-3H3. The second kappa shape index (κ2) is 10.4. The molecule has 2 aromatic carbocycles. The number of aliphatic imine (C=N–C) groups is 1. The number of carbonyl (C=O) groups excluding carboxylic acids is 1. The second-order valence-corrected chi connectivity index (χ2v) is 10.1. The molecule has 2 aliphatic rings. The minimum Gasteiger partial charge on any atom is -0.493 e. The van der Waals surface area contributed by atoms with Gasteiger partial charge in [-0.15, -0.1) is 0 Å². The Balaban J connectivity index is 1.38. The van der Waals surface area contributed by atoms with Gasteiger partial charge in [-0.3, -0.25) is 14.7 Å². The van der Waals surface area contributed by atoms with Crippen molar-refractivity contribution in [2.45, 2.75) is 45.2 Å². The molecule has 36 heavy (non-hydrogen) atoms. The first kappa shape index (κ1) is 25.8. The lowest BCUT2D eigenvalue weighted by atomic mass is 9.97. The quantitative estimate of drug-likeness (QED) is 0.339. The first-order valence-corrected chi connectivity index (χ1v) is 12.4. The van der Waals surface area contributed by atoms with Crippen molar-refractivity contribution in [2.24, 2.45) is 4.99 Å². The van der Waals surface area contributed by atoms with Crippen LogP contribution in [0, 0.1) is 17.1 Å². The summed E-state index contributed by atoms with van der Waals surface area (Å²) in [5, 5.41) is 9.74. The van der Waals surface area contributed by atoms with Gasteiger partial charge >= 0.3 is 0 Å². The van der Waals surface area contributed by atoms with Crippen LogP contribution >= 0.6 is 23.8 Å². The highest BCUT2D eigenvalue weighted by Crippen LogP contribution is 2.34. The number of nitrogens with zero attached hydrogens (tertiary/aromatic N) is 4. The van der Waals surface area contributed by atoms with Crippen molar-refractivity contribution in [3.63, 3.8) is 0 Å². The molecule has 6 nitrogen and oxygen atoms in total. The average Bonchev–Trinajstić information content (AvgIpc) is 3.00. The summed E-state index contributed by atoms with van der Waals surface area (Å²) in [4.78, 5) is 20.8. The zero-order valence-electron chi connectivity index (χ0n) is 20.3. The number of hydrogen-bond donors (Lipinski definition) is 0. The Morgan fingerprint density at radius 3 is 2.75 bits per heavy atom. The van der Waals surface area contributed by atoms with E-state index in [-0.39, 0.29) is 22.8 Å². The topological polar surface area (TPSA) is 68.9 Å². The Bertz CT molecular complexity index is 1320. The molecule has 186 valence electrons. The summed E-state index contributed by atoms with van der Waals surface area (Å²) in [6.07, 6.45) is 4.83. The minimum absolute atomic E-state index is 0.137. The van der Waals surface area contributed by atoms with E-state index in [1.54, 1.807) is 36.5 Å². The molecule has 1 atom stereocenters. The zero-order chi connectivity index (χ0) is 26.0. The molecule has 0 spiro atoms. The number of rotatable bonds is 7. The van der Waals surface area contributed by atoms with Gasteiger partial charge < -0.3 is 9.64 Å². The molecule has 1 saturated heterocycles. The maximum Gasteiger partial charge on any atom is 0.258 e. The van der Waals surface area contributed by atoms with E-state index in [0.717, 1.165) is 5.57 Å². The van der Waals surface area contributed by atoms with E-state index in [2.05, 4.69) is 4.99 Å². The van der Waals surface area contributed by atoms with Gasteiger partial charge in [0, 0.05) is 24.4 Å². The molecule has 0 radical (unpaired) electrons. The molecule has 0 N–H and O–H groups in total. The van der Waals surface area contributed by atoms with Crippen LogP contribution in [0.25, 0.3) is 5.57 Å². The van der Waals surface area contributed by atoms with Gasteiger partial charge in [0.2, 0.25) is 0 Å². The number of benzene rings is 2. The molecule has 2 aliphatic heterocycles. The number of allylic oxidation sites excluding steroid dienone is 1. The van der Waals surface area contributed by atoms with Gasteiger partial charge in [-0.05, 0) is 87.8 Å². The minimum atomic E-state index is -0.862. The highest BCUT2D eigenvalue weighted by molar-refractivity contribution is 7.80. The highest BCUT2D eigenvalue weighted by atomic mass is 35.5. The Hall–Kier alpha value is -3.28. The Kier molecular flexibility index (Phi) is 7.43. The monoisotopic (exact) mass is 524 g/mol. The molecule has 2 heterocycles. The number of thiocarbonyl (C=S) groups is 1. The number of carbonyl (C=O) groups is 1. The summed E-state index contributed by atoms with van der Waals surface area (Å²) in [5.41, 5.74) is 1.47. The molecule has 0 bridgehead atoms. The van der Waals surface area contributed by atoms with Gasteiger partial charge in [0.15, 0.2) is 5.11 Å². The van der Waals surface area contributed by atoms with E-state index in [1.807, 2.05) is 37.8 Å². The van der Waals surface area contributed by atoms with E-state index in [9.17, 15) is 9.18 Å². The van der Waals surface area contributed by atoms with Crippen molar-refractivity contribution in [1.29, 1.82) is 5.26 Å². The molecular weight excluding hydrogens is 499 g/mol. The van der Waals surface area contributed by atoms with Gasteiger partial charge in [-0.1, -0.05) is 11.6 Å². The lowest BCUT2D eigenvalue weighted by Gasteiger charge is -2.29. The summed E-state index contributed by atoms with van der Waals surface area (Å²) in [7, 11) is 0. The Morgan fingerprint density at radius 1 is 1.31 bits per heavy atom. The van der Waals surface area contributed by atoms with Crippen LogP contribution in [-0.4, -0.2) is 46.9 Å². The molecule has 9 heteroatoms. The number of amides is 1. The van der Waals surface area contributed by atoms with Crippen LogP contribution in [0.2, 0.25) is 5.02 Å². The Labute approximate surface area is 220 Å². The number of halogens is 2. The Morgan fingerprint density at radius 2 is 2.08 bits per heavy atom. The molecule has 1 unspecified atom stereocenters. The van der Waals surface area contributed by atoms with Crippen molar-refractivity contribution >= 4 is 52.3 Å². The van der Waals surface area contributed by atoms with Crippen LogP contribution in [-0.2, 0) is 4.79 Å². The van der Waals surface area contributed by atoms with Crippen LogP contribution in [0.3, 0.4) is 0 Å². The first-order chi connectivity index (χ1) is 17.1. The third-order valence-corrected chi connectivity index (χ3v) is 7.08. The van der Waals surface area contributed by atoms with Crippen molar-refractivity contribution < 1.29 is 13.9 Å². The third-order valence-electron chi connectivity index (χ3n) is 6.37. The van der Waals surface area contributed by atoms with Gasteiger partial charge in [0.1, 0.15) is 23.2 Å². The lowest BCUT2D eigenvalue weighted by Crippen LogP contribution is -2.44. The predicted octanol–water partition coefficient (Wildman–Crippen LogP) is 5.78. The maximum atomic E-state index is 14.7. The van der Waals surface area contributed by atoms with Crippen LogP contribution in [0.4, 0.5) is 10.1 Å². The average molecular weight is 525 g/mol.